The molecule has 0 radical (unpaired) electrons. The quantitative estimate of drug-likeness (QED) is 0.0479. The number of anilines is 8. The van der Waals surface area contributed by atoms with Gasteiger partial charge in [0.1, 0.15) is 18.3 Å². The zero-order valence-corrected chi connectivity index (χ0v) is 93.9. The molecule has 16 heterocycles. The summed E-state index contributed by atoms with van der Waals surface area (Å²) in [5.74, 6) is 3.80. The van der Waals surface area contributed by atoms with Crippen LogP contribution in [0.25, 0.3) is 0 Å². The van der Waals surface area contributed by atoms with E-state index in [2.05, 4.69) is 351 Å². The predicted octanol–water partition coefficient (Wildman–Crippen LogP) is 16.9. The van der Waals surface area contributed by atoms with E-state index in [-0.39, 0.29) is 36.6 Å². The smallest absolute Gasteiger partial charge is 0.103 e. The molecule has 0 aliphatic carbocycles. The molecule has 8 aromatic heterocycles. The van der Waals surface area contributed by atoms with Crippen molar-refractivity contribution in [2.45, 2.75) is 266 Å². The minimum absolute atomic E-state index is 0.161. The molecule has 0 saturated carbocycles. The van der Waals surface area contributed by atoms with Gasteiger partial charge >= 0.3 is 0 Å². The molecule has 8 aliphatic rings. The van der Waals surface area contributed by atoms with Gasteiger partial charge in [0.05, 0.1) is 196 Å². The molecule has 16 rings (SSSR count). The zero-order chi connectivity index (χ0) is 106. The standard InChI is InChI=1S/3C15H25N3O.3C15H24N2O2.C13H20N2O.C12H18N2O/c3*1-12(2)15-6-5-13(9-16-15)18-7-8-19-14(11-18)10-17(3)4;3*1-11(2)13-6-5-12(9-16-13)17-7-8-19-14(10-17)15(3,4)18;1-10(2)13-5-4-12(8-14-13)15-6-7-16-9-11(15)3;1-10(2)12-4-3-11(9-13-12)14-5-7-15-8-6-14/h3*5-6,9,12,14H,7-8,10-11H2,1-4H3;3*5-6,9,11,14,18H,7-8,10H2,1-4H3;4-5,8,10-11H,6-7,9H2,1-3H3;3-4,9-10H,5-8H2,1-2H3/t2*14-;;2*14-;;;/m10.10.../s1. The van der Waals surface area contributed by atoms with Crippen molar-refractivity contribution in [2.75, 3.05) is 265 Å². The van der Waals surface area contributed by atoms with Gasteiger partial charge in [-0.25, -0.2) is 0 Å². The molecule has 30 heteroatoms. The van der Waals surface area contributed by atoms with E-state index in [1.54, 1.807) is 41.5 Å². The van der Waals surface area contributed by atoms with E-state index < -0.39 is 16.8 Å². The third-order valence-corrected chi connectivity index (χ3v) is 26.9. The number of hydrogen-bond donors (Lipinski definition) is 3. The highest BCUT2D eigenvalue weighted by Gasteiger charge is 2.37. The van der Waals surface area contributed by atoms with Crippen molar-refractivity contribution in [3.63, 3.8) is 0 Å². The van der Waals surface area contributed by atoms with Gasteiger partial charge in [-0.3, -0.25) is 39.9 Å². The molecule has 30 nitrogen and oxygen atoms in total. The van der Waals surface area contributed by atoms with Gasteiger partial charge in [-0.05, 0) is 235 Å². The second-order valence-corrected chi connectivity index (χ2v) is 44.5. The lowest BCUT2D eigenvalue weighted by Crippen LogP contribution is -2.52. The Morgan fingerprint density at radius 2 is 0.455 bits per heavy atom. The van der Waals surface area contributed by atoms with Gasteiger partial charge in [-0.1, -0.05) is 111 Å². The van der Waals surface area contributed by atoms with Gasteiger partial charge in [-0.2, -0.15) is 0 Å². The monoisotopic (exact) mass is 2010 g/mol. The van der Waals surface area contributed by atoms with E-state index in [1.165, 1.54) is 28.4 Å². The number of likely N-dealkylation sites (N-methyl/N-ethyl adjacent to an activating group) is 3. The van der Waals surface area contributed by atoms with Crippen molar-refractivity contribution < 1.29 is 53.2 Å². The lowest BCUT2D eigenvalue weighted by atomic mass is 10.00. The average Bonchev–Trinajstić information content (AvgIpc) is 0.820. The van der Waals surface area contributed by atoms with Crippen molar-refractivity contribution in [2.24, 2.45) is 0 Å². The summed E-state index contributed by atoms with van der Waals surface area (Å²) < 4.78 is 45.1. The predicted molar refractivity (Wildman–Crippen MR) is 594 cm³/mol. The fraction of sp³-hybridized carbons (Fsp3) is 0.652. The Labute approximate surface area is 872 Å². The first-order valence-electron chi connectivity index (χ1n) is 53.4. The molecule has 8 fully saturated rings. The highest BCUT2D eigenvalue weighted by Crippen LogP contribution is 2.32. The Hall–Kier alpha value is -8.96. The number of hydrogen-bond acceptors (Lipinski definition) is 30. The van der Waals surface area contributed by atoms with E-state index in [9.17, 15) is 15.3 Å². The Morgan fingerprint density at radius 1 is 0.262 bits per heavy atom. The summed E-state index contributed by atoms with van der Waals surface area (Å²) in [4.78, 5) is 61.1. The Bertz CT molecular complexity index is 4490. The van der Waals surface area contributed by atoms with Crippen molar-refractivity contribution in [3.8, 4) is 0 Å². The van der Waals surface area contributed by atoms with Crippen molar-refractivity contribution in [3.05, 3.63) is 192 Å². The summed E-state index contributed by atoms with van der Waals surface area (Å²) in [6, 6.07) is 34.5. The highest BCUT2D eigenvalue weighted by atomic mass is 16.5. The number of aliphatic hydroxyl groups is 3. The maximum Gasteiger partial charge on any atom is 0.103 e. The van der Waals surface area contributed by atoms with Crippen LogP contribution in [0.15, 0.2) is 147 Å². The van der Waals surface area contributed by atoms with Crippen LogP contribution in [-0.4, -0.2) is 356 Å². The second-order valence-electron chi connectivity index (χ2n) is 44.5. The van der Waals surface area contributed by atoms with Gasteiger partial charge in [0.25, 0.3) is 0 Å². The van der Waals surface area contributed by atoms with Crippen molar-refractivity contribution in [1.29, 1.82) is 0 Å². The maximum absolute atomic E-state index is 10.1. The maximum atomic E-state index is 10.1. The molecule has 3 N–H and O–H groups in total. The number of nitrogens with zero attached hydrogens (tertiary/aromatic N) is 19. The van der Waals surface area contributed by atoms with Crippen LogP contribution in [0.3, 0.4) is 0 Å². The third-order valence-electron chi connectivity index (χ3n) is 26.9. The van der Waals surface area contributed by atoms with Gasteiger partial charge < -0.3 is 107 Å². The zero-order valence-electron chi connectivity index (χ0n) is 93.9. The van der Waals surface area contributed by atoms with Crippen LogP contribution < -0.4 is 39.2 Å². The van der Waals surface area contributed by atoms with Crippen molar-refractivity contribution >= 4 is 45.5 Å². The van der Waals surface area contributed by atoms with Crippen molar-refractivity contribution in [1.82, 2.24) is 54.6 Å². The summed E-state index contributed by atoms with van der Waals surface area (Å²) in [6.45, 7) is 71.2. The average molecular weight is 2010 g/mol. The summed E-state index contributed by atoms with van der Waals surface area (Å²) in [7, 11) is 12.5. The number of rotatable bonds is 25. The van der Waals surface area contributed by atoms with Crippen LogP contribution >= 0.6 is 0 Å². The number of ether oxygens (including phenoxy) is 8. The summed E-state index contributed by atoms with van der Waals surface area (Å²) in [5.41, 5.74) is 16.0. The molecule has 0 spiro atoms. The van der Waals surface area contributed by atoms with Gasteiger partial charge in [0.15, 0.2) is 0 Å². The lowest BCUT2D eigenvalue weighted by molar-refractivity contribution is -0.0928. The molecule has 806 valence electrons. The molecule has 8 aliphatic heterocycles. The van der Waals surface area contributed by atoms with Gasteiger partial charge in [0, 0.05) is 169 Å². The molecule has 0 amide bonds. The highest BCUT2D eigenvalue weighted by molar-refractivity contribution is 5.52. The molecule has 0 aromatic carbocycles. The first-order chi connectivity index (χ1) is 68.8. The topological polar surface area (TPSA) is 273 Å². The summed E-state index contributed by atoms with van der Waals surface area (Å²) in [5, 5.41) is 30.2. The third kappa shape index (κ3) is 40.1. The molecule has 8 saturated heterocycles. The number of morpholine rings is 8. The number of pyridine rings is 8. The van der Waals surface area contributed by atoms with Crippen LogP contribution in [0.1, 0.15) is 252 Å². The fourth-order valence-electron chi connectivity index (χ4n) is 17.7. The van der Waals surface area contributed by atoms with Crippen LogP contribution in [-0.2, 0) is 37.9 Å². The van der Waals surface area contributed by atoms with Crippen LogP contribution in [0.2, 0.25) is 0 Å². The molecule has 7 atom stereocenters. The normalized spacial score (nSPS) is 20.4. The fourth-order valence-corrected chi connectivity index (χ4v) is 17.7. The molecule has 0 bridgehead atoms. The van der Waals surface area contributed by atoms with E-state index >= 15 is 0 Å². The summed E-state index contributed by atoms with van der Waals surface area (Å²) in [6.07, 6.45) is 16.1. The molecule has 145 heavy (non-hydrogen) atoms. The van der Waals surface area contributed by atoms with E-state index in [1.807, 2.05) is 49.6 Å². The lowest BCUT2D eigenvalue weighted by Gasteiger charge is -2.39. The van der Waals surface area contributed by atoms with Crippen LogP contribution in [0, 0.1) is 0 Å². The molecular formula is C115H185N19O11. The molecule has 8 aromatic rings. The Kier molecular flexibility index (Phi) is 48.5. The minimum Gasteiger partial charge on any atom is -0.388 e. The molecular weight excluding hydrogens is 1820 g/mol. The first kappa shape index (κ1) is 120. The van der Waals surface area contributed by atoms with Crippen LogP contribution in [0.4, 0.5) is 45.5 Å². The van der Waals surface area contributed by atoms with E-state index in [0.717, 1.165) is 207 Å². The van der Waals surface area contributed by atoms with Gasteiger partial charge in [-0.15, -0.1) is 0 Å². The Morgan fingerprint density at radius 3 is 0.648 bits per heavy atom. The van der Waals surface area contributed by atoms with E-state index in [0.29, 0.717) is 92.8 Å². The van der Waals surface area contributed by atoms with Crippen LogP contribution in [0.5, 0.6) is 0 Å². The van der Waals surface area contributed by atoms with E-state index in [4.69, 9.17) is 37.9 Å². The largest absolute Gasteiger partial charge is 0.388 e. The second kappa shape index (κ2) is 58.9. The minimum atomic E-state index is -0.816. The Balaban J connectivity index is 0.000000185. The SMILES string of the molecule is CC(C)c1ccc(N2CCOC(C(C)(C)O)C2)cn1.CC(C)c1ccc(N2CCOC(CN(C)C)C2)cn1.CC(C)c1ccc(N2CCOCC2)cn1.CC(C)c1ccc(N2CCOCC2C)cn1.CC(C)c1ccc(N2CCO[C@@H](C(C)(C)O)C2)cn1.CC(C)c1ccc(N2CCO[C@@H](CN(C)C)C2)cn1.CC(C)c1ccc(N2CCO[C@H](C(C)(C)O)C2)cn1.CC(C)c1ccc(N2CCO[C@H](CN(C)C)C2)cn1. The number of aromatic nitrogens is 8. The first-order valence-corrected chi connectivity index (χ1v) is 53.4. The summed E-state index contributed by atoms with van der Waals surface area (Å²) >= 11 is 0. The van der Waals surface area contributed by atoms with Gasteiger partial charge in [0.2, 0.25) is 0 Å². The molecule has 3 unspecified atom stereocenters.